The summed E-state index contributed by atoms with van der Waals surface area (Å²) in [4.78, 5) is 16.9. The summed E-state index contributed by atoms with van der Waals surface area (Å²) in [6.45, 7) is -0.164. The van der Waals surface area contributed by atoms with Crippen LogP contribution >= 0.6 is 15.9 Å². The van der Waals surface area contributed by atoms with Gasteiger partial charge in [0.15, 0.2) is 25.0 Å². The van der Waals surface area contributed by atoms with Gasteiger partial charge in [0.25, 0.3) is 0 Å². The fraction of sp³-hybridized carbons (Fsp3) is 0.250. The van der Waals surface area contributed by atoms with Crippen LogP contribution in [0.15, 0.2) is 34.9 Å². The molecule has 128 valence electrons. The van der Waals surface area contributed by atoms with Crippen LogP contribution in [-0.2, 0) is 9.47 Å². The zero-order valence-electron chi connectivity index (χ0n) is 13.0. The Labute approximate surface area is 146 Å². The maximum atomic E-state index is 13.8. The van der Waals surface area contributed by atoms with Crippen LogP contribution in [0.25, 0.3) is 0 Å². The van der Waals surface area contributed by atoms with Gasteiger partial charge in [0.05, 0.1) is 10.0 Å². The number of rotatable bonds is 8. The molecule has 0 aliphatic heterocycles. The van der Waals surface area contributed by atoms with E-state index in [2.05, 4.69) is 20.9 Å². The molecule has 0 saturated carbocycles. The molecular weight excluding hydrogens is 385 g/mol. The molecule has 0 radical (unpaired) electrons. The molecule has 0 amide bonds. The van der Waals surface area contributed by atoms with Gasteiger partial charge in [-0.1, -0.05) is 0 Å². The summed E-state index contributed by atoms with van der Waals surface area (Å²) in [5.41, 5.74) is 0.191. The van der Waals surface area contributed by atoms with Crippen LogP contribution in [0.5, 0.6) is 11.5 Å². The van der Waals surface area contributed by atoms with Gasteiger partial charge in [-0.25, -0.2) is 9.37 Å². The van der Waals surface area contributed by atoms with E-state index in [1.165, 1.54) is 26.5 Å². The van der Waals surface area contributed by atoms with Crippen LogP contribution in [0.1, 0.15) is 16.1 Å². The Morgan fingerprint density at radius 1 is 1.17 bits per heavy atom. The average molecular weight is 400 g/mol. The number of pyridine rings is 1. The topological polar surface area (TPSA) is 66.9 Å². The third-order valence-electron chi connectivity index (χ3n) is 2.92. The second-order valence-corrected chi connectivity index (χ2v) is 5.40. The SMILES string of the molecule is COCOc1cc(F)c(Br)cc1C(=O)c1ncccc1OCOC. The maximum Gasteiger partial charge on any atom is 0.218 e. The van der Waals surface area contributed by atoms with Gasteiger partial charge in [0.1, 0.15) is 11.6 Å². The van der Waals surface area contributed by atoms with Crippen molar-refractivity contribution in [3.8, 4) is 11.5 Å². The third-order valence-corrected chi connectivity index (χ3v) is 3.53. The molecule has 1 aromatic carbocycles. The Kier molecular flexibility index (Phi) is 6.65. The summed E-state index contributed by atoms with van der Waals surface area (Å²) in [7, 11) is 2.89. The fourth-order valence-corrected chi connectivity index (χ4v) is 2.22. The Bertz CT molecular complexity index is 726. The number of carbonyl (C=O) groups excluding carboxylic acids is 1. The van der Waals surface area contributed by atoms with E-state index in [0.717, 1.165) is 6.07 Å². The molecule has 0 atom stereocenters. The first-order valence-corrected chi connectivity index (χ1v) is 7.60. The fourth-order valence-electron chi connectivity index (χ4n) is 1.88. The van der Waals surface area contributed by atoms with Gasteiger partial charge in [0.2, 0.25) is 5.78 Å². The minimum atomic E-state index is -0.561. The van der Waals surface area contributed by atoms with Crippen LogP contribution < -0.4 is 9.47 Å². The predicted octanol–water partition coefficient (Wildman–Crippen LogP) is 3.18. The second kappa shape index (κ2) is 8.72. The maximum absolute atomic E-state index is 13.8. The number of nitrogens with zero attached hydrogens (tertiary/aromatic N) is 1. The van der Waals surface area contributed by atoms with Gasteiger partial charge in [-0.3, -0.25) is 4.79 Å². The predicted molar refractivity (Wildman–Crippen MR) is 86.8 cm³/mol. The Morgan fingerprint density at radius 2 is 1.83 bits per heavy atom. The number of methoxy groups -OCH3 is 2. The highest BCUT2D eigenvalue weighted by Crippen LogP contribution is 2.30. The quantitative estimate of drug-likeness (QED) is 0.501. The van der Waals surface area contributed by atoms with Gasteiger partial charge in [0, 0.05) is 26.5 Å². The molecule has 0 saturated heterocycles. The van der Waals surface area contributed by atoms with Gasteiger partial charge in [-0.2, -0.15) is 0 Å². The van der Waals surface area contributed by atoms with Crippen LogP contribution in [0.3, 0.4) is 0 Å². The highest BCUT2D eigenvalue weighted by molar-refractivity contribution is 9.10. The molecule has 0 aliphatic rings. The second-order valence-electron chi connectivity index (χ2n) is 4.54. The molecule has 2 aromatic rings. The molecule has 6 nitrogen and oxygen atoms in total. The number of aromatic nitrogens is 1. The van der Waals surface area contributed by atoms with Crippen molar-refractivity contribution in [2.24, 2.45) is 0 Å². The van der Waals surface area contributed by atoms with Gasteiger partial charge in [-0.05, 0) is 34.1 Å². The van der Waals surface area contributed by atoms with E-state index >= 15 is 0 Å². The van der Waals surface area contributed by atoms with E-state index in [-0.39, 0.29) is 40.8 Å². The summed E-state index contributed by atoms with van der Waals surface area (Å²) in [6.07, 6.45) is 1.46. The van der Waals surface area contributed by atoms with E-state index in [1.54, 1.807) is 12.1 Å². The molecule has 2 rings (SSSR count). The van der Waals surface area contributed by atoms with E-state index < -0.39 is 11.6 Å². The summed E-state index contributed by atoms with van der Waals surface area (Å²) in [6, 6.07) is 5.66. The number of benzene rings is 1. The number of carbonyl (C=O) groups is 1. The highest BCUT2D eigenvalue weighted by Gasteiger charge is 2.22. The number of hydrogen-bond donors (Lipinski definition) is 0. The first-order chi connectivity index (χ1) is 11.6. The van der Waals surface area contributed by atoms with Crippen molar-refractivity contribution in [1.29, 1.82) is 0 Å². The summed E-state index contributed by atoms with van der Waals surface area (Å²) >= 11 is 3.06. The van der Waals surface area contributed by atoms with Gasteiger partial charge >= 0.3 is 0 Å². The number of hydrogen-bond acceptors (Lipinski definition) is 6. The summed E-state index contributed by atoms with van der Waals surface area (Å²) < 4.78 is 34.2. The lowest BCUT2D eigenvalue weighted by Crippen LogP contribution is -2.12. The van der Waals surface area contributed by atoms with Gasteiger partial charge in [-0.15, -0.1) is 0 Å². The number of ketones is 1. The molecule has 0 bridgehead atoms. The molecule has 0 spiro atoms. The Hall–Kier alpha value is -2.03. The van der Waals surface area contributed by atoms with Crippen molar-refractivity contribution in [1.82, 2.24) is 4.98 Å². The van der Waals surface area contributed by atoms with E-state index in [4.69, 9.17) is 18.9 Å². The minimum Gasteiger partial charge on any atom is -0.467 e. The molecule has 1 aromatic heterocycles. The van der Waals surface area contributed by atoms with Crippen molar-refractivity contribution in [3.05, 3.63) is 52.0 Å². The monoisotopic (exact) mass is 399 g/mol. The first-order valence-electron chi connectivity index (χ1n) is 6.80. The molecule has 0 aliphatic carbocycles. The van der Waals surface area contributed by atoms with E-state index in [1.807, 2.05) is 0 Å². The molecule has 24 heavy (non-hydrogen) atoms. The zero-order chi connectivity index (χ0) is 17.5. The number of halogens is 2. The summed E-state index contributed by atoms with van der Waals surface area (Å²) in [5.74, 6) is -0.739. The molecule has 0 N–H and O–H groups in total. The molecule has 1 heterocycles. The van der Waals surface area contributed by atoms with Crippen molar-refractivity contribution >= 4 is 21.7 Å². The van der Waals surface area contributed by atoms with Crippen molar-refractivity contribution in [2.75, 3.05) is 27.8 Å². The highest BCUT2D eigenvalue weighted by atomic mass is 79.9. The smallest absolute Gasteiger partial charge is 0.218 e. The van der Waals surface area contributed by atoms with Crippen LogP contribution in [0, 0.1) is 5.82 Å². The standard InChI is InChI=1S/C16H15BrFNO5/c1-21-8-23-13-4-3-5-19-15(13)16(20)10-6-11(17)12(18)7-14(10)24-9-22-2/h3-7H,8-9H2,1-2H3. The van der Waals surface area contributed by atoms with Crippen molar-refractivity contribution in [3.63, 3.8) is 0 Å². The lowest BCUT2D eigenvalue weighted by atomic mass is 10.1. The first kappa shape index (κ1) is 18.3. The molecule has 8 heteroatoms. The Morgan fingerprint density at radius 3 is 2.50 bits per heavy atom. The van der Waals surface area contributed by atoms with E-state index in [9.17, 15) is 9.18 Å². The van der Waals surface area contributed by atoms with Crippen molar-refractivity contribution in [2.45, 2.75) is 0 Å². The molecule has 0 unspecified atom stereocenters. The minimum absolute atomic E-state index is 0.0356. The summed E-state index contributed by atoms with van der Waals surface area (Å²) in [5, 5.41) is 0. The van der Waals surface area contributed by atoms with Crippen LogP contribution in [0.2, 0.25) is 0 Å². The van der Waals surface area contributed by atoms with Gasteiger partial charge < -0.3 is 18.9 Å². The third kappa shape index (κ3) is 4.28. The van der Waals surface area contributed by atoms with E-state index in [0.29, 0.717) is 0 Å². The normalized spacial score (nSPS) is 10.5. The lowest BCUT2D eigenvalue weighted by molar-refractivity contribution is 0.0491. The average Bonchev–Trinajstić information content (AvgIpc) is 2.60. The molecular formula is C16H15BrFNO5. The van der Waals surface area contributed by atoms with Crippen LogP contribution in [0.4, 0.5) is 4.39 Å². The lowest BCUT2D eigenvalue weighted by Gasteiger charge is -2.13. The Balaban J connectivity index is 2.44. The largest absolute Gasteiger partial charge is 0.467 e. The van der Waals surface area contributed by atoms with Crippen LogP contribution in [-0.4, -0.2) is 38.6 Å². The molecule has 0 fully saturated rings. The van der Waals surface area contributed by atoms with Crippen molar-refractivity contribution < 1.29 is 28.1 Å². The number of ether oxygens (including phenoxy) is 4. The zero-order valence-corrected chi connectivity index (χ0v) is 14.6.